The van der Waals surface area contributed by atoms with Gasteiger partial charge in [-0.3, -0.25) is 9.69 Å². The number of hydrogen-bond donors (Lipinski definition) is 1. The van der Waals surface area contributed by atoms with Crippen LogP contribution in [0.5, 0.6) is 11.8 Å². The minimum atomic E-state index is 0.121. The fourth-order valence-electron chi connectivity index (χ4n) is 5.56. The average Bonchev–Trinajstić information content (AvgIpc) is 2.96. The molecule has 1 N–H and O–H groups in total. The zero-order valence-corrected chi connectivity index (χ0v) is 23.0. The van der Waals surface area contributed by atoms with Crippen molar-refractivity contribution in [1.82, 2.24) is 19.8 Å². The Balaban J connectivity index is 1.33. The number of carbonyl (C=O) groups is 1. The molecule has 1 aromatic carbocycles. The van der Waals surface area contributed by atoms with Crippen molar-refractivity contribution >= 4 is 17.4 Å². The molecule has 10 heteroatoms. The minimum Gasteiger partial charge on any atom is -0.508 e. The van der Waals surface area contributed by atoms with Gasteiger partial charge in [0.25, 0.3) is 0 Å². The molecule has 4 heterocycles. The van der Waals surface area contributed by atoms with Gasteiger partial charge in [0, 0.05) is 76.1 Å². The van der Waals surface area contributed by atoms with Crippen molar-refractivity contribution < 1.29 is 19.4 Å². The molecule has 10 nitrogen and oxygen atoms in total. The van der Waals surface area contributed by atoms with Crippen molar-refractivity contribution in [3.8, 4) is 11.8 Å². The maximum atomic E-state index is 12.4. The zero-order valence-electron chi connectivity index (χ0n) is 23.0. The molecule has 39 heavy (non-hydrogen) atoms. The number of hydrogen-bond acceptors (Lipinski definition) is 9. The van der Waals surface area contributed by atoms with Crippen LogP contribution in [0.2, 0.25) is 0 Å². The molecule has 0 spiro atoms. The minimum absolute atomic E-state index is 0.121. The summed E-state index contributed by atoms with van der Waals surface area (Å²) in [5.74, 6) is 1.31. The number of anilines is 2. The molecule has 0 bridgehead atoms. The van der Waals surface area contributed by atoms with Gasteiger partial charge in [0.05, 0.1) is 32.1 Å². The summed E-state index contributed by atoms with van der Waals surface area (Å²) in [5, 5.41) is 10.1. The number of phenols is 1. The smallest absolute Gasteiger partial charge is 0.318 e. The van der Waals surface area contributed by atoms with Crippen LogP contribution < -0.4 is 14.5 Å². The molecule has 2 aromatic rings. The Kier molecular flexibility index (Phi) is 8.83. The lowest BCUT2D eigenvalue weighted by Crippen LogP contribution is -2.49. The van der Waals surface area contributed by atoms with Gasteiger partial charge in [-0.2, -0.15) is 9.97 Å². The van der Waals surface area contributed by atoms with Crippen LogP contribution in [0.15, 0.2) is 30.9 Å². The molecule has 210 valence electrons. The highest BCUT2D eigenvalue weighted by Gasteiger charge is 2.29. The van der Waals surface area contributed by atoms with Gasteiger partial charge in [-0.05, 0) is 31.4 Å². The van der Waals surface area contributed by atoms with E-state index in [2.05, 4.69) is 28.2 Å². The van der Waals surface area contributed by atoms with Crippen molar-refractivity contribution in [3.63, 3.8) is 0 Å². The fraction of sp³-hybridized carbons (Fsp3) is 0.552. The molecule has 0 aliphatic carbocycles. The van der Waals surface area contributed by atoms with E-state index in [1.165, 1.54) is 0 Å². The van der Waals surface area contributed by atoms with Crippen LogP contribution in [0.25, 0.3) is 0 Å². The normalized spacial score (nSPS) is 18.1. The van der Waals surface area contributed by atoms with Crippen molar-refractivity contribution in [3.05, 3.63) is 47.7 Å². The third-order valence-electron chi connectivity index (χ3n) is 7.76. The Morgan fingerprint density at radius 3 is 2.67 bits per heavy atom. The van der Waals surface area contributed by atoms with Crippen LogP contribution in [0.3, 0.4) is 0 Å². The van der Waals surface area contributed by atoms with Crippen LogP contribution in [-0.4, -0.2) is 103 Å². The number of amides is 1. The highest BCUT2D eigenvalue weighted by molar-refractivity contribution is 5.78. The van der Waals surface area contributed by atoms with E-state index in [1.54, 1.807) is 12.1 Å². The monoisotopic (exact) mass is 536 g/mol. The molecule has 0 atom stereocenters. The van der Waals surface area contributed by atoms with Gasteiger partial charge in [-0.25, -0.2) is 0 Å². The van der Waals surface area contributed by atoms with E-state index < -0.39 is 0 Å². The van der Waals surface area contributed by atoms with E-state index in [0.717, 1.165) is 93.7 Å². The van der Waals surface area contributed by atoms with Crippen LogP contribution in [-0.2, 0) is 22.5 Å². The molecule has 3 aliphatic rings. The van der Waals surface area contributed by atoms with Gasteiger partial charge in [-0.1, -0.05) is 12.1 Å². The second-order valence-electron chi connectivity index (χ2n) is 10.4. The first-order valence-electron chi connectivity index (χ1n) is 14.0. The first kappa shape index (κ1) is 27.2. The third-order valence-corrected chi connectivity index (χ3v) is 7.76. The largest absolute Gasteiger partial charge is 0.508 e. The molecule has 5 rings (SSSR count). The van der Waals surface area contributed by atoms with Gasteiger partial charge in [-0.15, -0.1) is 6.58 Å². The zero-order chi connectivity index (χ0) is 27.2. The summed E-state index contributed by atoms with van der Waals surface area (Å²) in [6, 6.07) is 5.90. The van der Waals surface area contributed by atoms with E-state index in [9.17, 15) is 9.90 Å². The number of aromatic nitrogens is 2. The molecule has 0 unspecified atom stereocenters. The molecule has 2 fully saturated rings. The van der Waals surface area contributed by atoms with E-state index in [1.807, 2.05) is 17.0 Å². The molecule has 2 saturated heterocycles. The van der Waals surface area contributed by atoms with E-state index >= 15 is 0 Å². The number of aryl methyl sites for hydroxylation is 1. The first-order chi connectivity index (χ1) is 19.0. The van der Waals surface area contributed by atoms with Gasteiger partial charge < -0.3 is 29.3 Å². The quantitative estimate of drug-likeness (QED) is 0.383. The summed E-state index contributed by atoms with van der Waals surface area (Å²) in [6.45, 7) is 15.0. The number of ether oxygens (including phenoxy) is 2. The van der Waals surface area contributed by atoms with Crippen molar-refractivity contribution in [2.45, 2.75) is 32.7 Å². The molecular formula is C29H40N6O4. The molecule has 3 aliphatic heterocycles. The molecule has 1 aromatic heterocycles. The van der Waals surface area contributed by atoms with E-state index in [4.69, 9.17) is 19.4 Å². The third kappa shape index (κ3) is 6.62. The number of aromatic hydroxyl groups is 1. The standard InChI is InChI=1S/C29H40N6O4/c1-3-5-27(37)33-11-13-34(14-12-33)28-24-8-10-35(26-20-23(36)7-6-22(26)2)21-25(24)30-29(31-28)39-17-4-9-32-15-18-38-19-16-32/h3,6-7,20,36H,1,4-5,8-19,21H2,2H3. The molecular weight excluding hydrogens is 496 g/mol. The van der Waals surface area contributed by atoms with Crippen LogP contribution in [0.1, 0.15) is 29.7 Å². The number of benzene rings is 1. The highest BCUT2D eigenvalue weighted by atomic mass is 16.5. The Labute approximate surface area is 230 Å². The van der Waals surface area contributed by atoms with Crippen molar-refractivity contribution in [1.29, 1.82) is 0 Å². The van der Waals surface area contributed by atoms with Crippen molar-refractivity contribution in [2.75, 3.05) is 82.0 Å². The summed E-state index contributed by atoms with van der Waals surface area (Å²) in [7, 11) is 0. The van der Waals surface area contributed by atoms with Gasteiger partial charge in [0.15, 0.2) is 0 Å². The number of rotatable bonds is 9. The summed E-state index contributed by atoms with van der Waals surface area (Å²) in [4.78, 5) is 31.0. The van der Waals surface area contributed by atoms with Gasteiger partial charge in [0.1, 0.15) is 11.6 Å². The fourth-order valence-corrected chi connectivity index (χ4v) is 5.56. The Morgan fingerprint density at radius 2 is 1.90 bits per heavy atom. The second kappa shape index (κ2) is 12.7. The lowest BCUT2D eigenvalue weighted by molar-refractivity contribution is -0.130. The summed E-state index contributed by atoms with van der Waals surface area (Å²) >= 11 is 0. The van der Waals surface area contributed by atoms with Crippen LogP contribution >= 0.6 is 0 Å². The summed E-state index contributed by atoms with van der Waals surface area (Å²) in [6.07, 6.45) is 3.73. The number of carbonyl (C=O) groups excluding carboxylic acids is 1. The number of fused-ring (bicyclic) bond motifs is 1. The first-order valence-corrected chi connectivity index (χ1v) is 14.0. The van der Waals surface area contributed by atoms with Gasteiger partial charge in [0.2, 0.25) is 5.91 Å². The molecule has 1 amide bonds. The highest BCUT2D eigenvalue weighted by Crippen LogP contribution is 2.33. The van der Waals surface area contributed by atoms with Gasteiger partial charge >= 0.3 is 6.01 Å². The topological polar surface area (TPSA) is 94.5 Å². The average molecular weight is 537 g/mol. The Hall–Kier alpha value is -3.37. The molecule has 0 radical (unpaired) electrons. The number of morpholine rings is 1. The number of piperazine rings is 1. The number of nitrogens with zero attached hydrogens (tertiary/aromatic N) is 6. The second-order valence-corrected chi connectivity index (χ2v) is 10.4. The predicted molar refractivity (Wildman–Crippen MR) is 151 cm³/mol. The Bertz CT molecular complexity index is 1160. The van der Waals surface area contributed by atoms with Crippen LogP contribution in [0.4, 0.5) is 11.5 Å². The SMILES string of the molecule is C=CCC(=O)N1CCN(c2nc(OCCCN3CCOCC3)nc3c2CCN(c2cc(O)ccc2C)C3)CC1. The predicted octanol–water partition coefficient (Wildman–Crippen LogP) is 2.38. The summed E-state index contributed by atoms with van der Waals surface area (Å²) in [5.41, 5.74) is 4.24. The lowest BCUT2D eigenvalue weighted by atomic mass is 10.0. The van der Waals surface area contributed by atoms with Crippen molar-refractivity contribution in [2.24, 2.45) is 0 Å². The van der Waals surface area contributed by atoms with E-state index in [-0.39, 0.29) is 11.7 Å². The lowest BCUT2D eigenvalue weighted by Gasteiger charge is -2.38. The summed E-state index contributed by atoms with van der Waals surface area (Å²) < 4.78 is 11.6. The Morgan fingerprint density at radius 1 is 1.10 bits per heavy atom. The van der Waals surface area contributed by atoms with Crippen LogP contribution in [0, 0.1) is 6.92 Å². The maximum absolute atomic E-state index is 12.4. The van der Waals surface area contributed by atoms with E-state index in [0.29, 0.717) is 38.7 Å². The molecule has 0 saturated carbocycles. The maximum Gasteiger partial charge on any atom is 0.318 e. The number of phenolic OH excluding ortho intramolecular Hbond substituents is 1.